The topological polar surface area (TPSA) is 17.1 Å². The van der Waals surface area contributed by atoms with Gasteiger partial charge in [-0.1, -0.05) is 30.0 Å². The Morgan fingerprint density at radius 3 is 2.76 bits per heavy atom. The van der Waals surface area contributed by atoms with E-state index >= 15 is 0 Å². The van der Waals surface area contributed by atoms with E-state index in [1.807, 2.05) is 6.08 Å². The summed E-state index contributed by atoms with van der Waals surface area (Å²) < 4.78 is 26.1. The molecular formula is C13H14F2OS. The van der Waals surface area contributed by atoms with Crippen molar-refractivity contribution >= 4 is 23.0 Å². The molecule has 0 saturated carbocycles. The Labute approximate surface area is 104 Å². The van der Waals surface area contributed by atoms with Crippen molar-refractivity contribution in [3.8, 4) is 0 Å². The van der Waals surface area contributed by atoms with Gasteiger partial charge in [-0.15, -0.1) is 0 Å². The predicted octanol–water partition coefficient (Wildman–Crippen LogP) is 3.96. The van der Waals surface area contributed by atoms with Crippen LogP contribution in [0.1, 0.15) is 24.5 Å². The van der Waals surface area contributed by atoms with Crippen LogP contribution in [0.5, 0.6) is 0 Å². The molecule has 1 aromatic rings. The minimum absolute atomic E-state index is 0.0856. The molecule has 0 heterocycles. The first-order valence-electron chi connectivity index (χ1n) is 5.27. The van der Waals surface area contributed by atoms with Crippen LogP contribution in [0.4, 0.5) is 8.78 Å². The van der Waals surface area contributed by atoms with Gasteiger partial charge in [-0.25, -0.2) is 8.78 Å². The first-order chi connectivity index (χ1) is 8.02. The van der Waals surface area contributed by atoms with Crippen LogP contribution in [0.3, 0.4) is 0 Å². The summed E-state index contributed by atoms with van der Waals surface area (Å²) in [7, 11) is 0. The molecule has 1 aromatic carbocycles. The van der Waals surface area contributed by atoms with Gasteiger partial charge >= 0.3 is 0 Å². The Morgan fingerprint density at radius 2 is 2.12 bits per heavy atom. The van der Waals surface area contributed by atoms with E-state index in [2.05, 4.69) is 0 Å². The number of hydrogen-bond donors (Lipinski definition) is 0. The maximum Gasteiger partial charge on any atom is 0.185 e. The summed E-state index contributed by atoms with van der Waals surface area (Å²) in [5.41, 5.74) is 0.970. The third-order valence-electron chi connectivity index (χ3n) is 2.27. The van der Waals surface area contributed by atoms with E-state index < -0.39 is 11.6 Å². The second kappa shape index (κ2) is 6.55. The molecule has 0 aliphatic carbocycles. The molecule has 0 unspecified atom stereocenters. The van der Waals surface area contributed by atoms with Crippen molar-refractivity contribution in [1.82, 2.24) is 0 Å². The van der Waals surface area contributed by atoms with Gasteiger partial charge < -0.3 is 0 Å². The molecular weight excluding hydrogens is 242 g/mol. The van der Waals surface area contributed by atoms with Crippen LogP contribution in [-0.4, -0.2) is 10.9 Å². The van der Waals surface area contributed by atoms with E-state index in [1.165, 1.54) is 18.7 Å². The Bertz CT molecular complexity index is 441. The molecule has 0 saturated heterocycles. The highest BCUT2D eigenvalue weighted by atomic mass is 32.2. The molecule has 4 heteroatoms. The van der Waals surface area contributed by atoms with Gasteiger partial charge in [0, 0.05) is 12.7 Å². The zero-order valence-corrected chi connectivity index (χ0v) is 10.6. The smallest absolute Gasteiger partial charge is 0.185 e. The molecule has 0 fully saturated rings. The molecule has 0 radical (unpaired) electrons. The second-order valence-corrected chi connectivity index (χ2v) is 4.88. The Balaban J connectivity index is 2.60. The highest BCUT2D eigenvalue weighted by Crippen LogP contribution is 2.17. The number of benzene rings is 1. The van der Waals surface area contributed by atoms with Crippen molar-refractivity contribution in [2.75, 3.05) is 5.75 Å². The molecule has 0 aliphatic rings. The summed E-state index contributed by atoms with van der Waals surface area (Å²) in [5.74, 6) is -0.925. The lowest BCUT2D eigenvalue weighted by atomic mass is 10.1. The molecule has 0 atom stereocenters. The fourth-order valence-electron chi connectivity index (χ4n) is 1.33. The number of thioether (sulfide) groups is 1. The molecule has 0 aromatic heterocycles. The molecule has 0 N–H and O–H groups in total. The van der Waals surface area contributed by atoms with Gasteiger partial charge in [-0.2, -0.15) is 0 Å². The van der Waals surface area contributed by atoms with Gasteiger partial charge in [0.25, 0.3) is 0 Å². The third kappa shape index (κ3) is 4.30. The van der Waals surface area contributed by atoms with Crippen molar-refractivity contribution < 1.29 is 13.6 Å². The number of halogens is 2. The molecule has 92 valence electrons. The zero-order chi connectivity index (χ0) is 12.8. The lowest BCUT2D eigenvalue weighted by molar-refractivity contribution is -0.109. The molecule has 0 bridgehead atoms. The van der Waals surface area contributed by atoms with Gasteiger partial charge in [-0.3, -0.25) is 4.79 Å². The maximum absolute atomic E-state index is 13.2. The zero-order valence-electron chi connectivity index (χ0n) is 9.80. The average Bonchev–Trinajstić information content (AvgIpc) is 2.28. The standard InChI is InChI=1S/C13H14F2OS/c1-9-11(6-7-12(14)13(9)15)5-3-4-8-17-10(2)16/h3,5-7H,4,8H2,1-2H3. The summed E-state index contributed by atoms with van der Waals surface area (Å²) in [5, 5.41) is 0.0856. The van der Waals surface area contributed by atoms with E-state index in [1.54, 1.807) is 19.1 Å². The van der Waals surface area contributed by atoms with Crippen LogP contribution in [-0.2, 0) is 4.79 Å². The molecule has 0 aliphatic heterocycles. The van der Waals surface area contributed by atoms with Crippen molar-refractivity contribution in [2.24, 2.45) is 0 Å². The summed E-state index contributed by atoms with van der Waals surface area (Å²) >= 11 is 1.25. The van der Waals surface area contributed by atoms with Crippen LogP contribution in [0.25, 0.3) is 6.08 Å². The highest BCUT2D eigenvalue weighted by molar-refractivity contribution is 8.13. The molecule has 17 heavy (non-hydrogen) atoms. The minimum Gasteiger partial charge on any atom is -0.288 e. The van der Waals surface area contributed by atoms with Crippen molar-refractivity contribution in [3.63, 3.8) is 0 Å². The van der Waals surface area contributed by atoms with Crippen molar-refractivity contribution in [3.05, 3.63) is 41.0 Å². The fourth-order valence-corrected chi connectivity index (χ4v) is 1.87. The summed E-state index contributed by atoms with van der Waals surface area (Å²) in [6.45, 7) is 3.07. The van der Waals surface area contributed by atoms with Crippen LogP contribution in [0.2, 0.25) is 0 Å². The third-order valence-corrected chi connectivity index (χ3v) is 3.11. The lowest BCUT2D eigenvalue weighted by Crippen LogP contribution is -1.91. The molecule has 1 rings (SSSR count). The van der Waals surface area contributed by atoms with E-state index in [4.69, 9.17) is 0 Å². The number of carbonyl (C=O) groups is 1. The largest absolute Gasteiger partial charge is 0.288 e. The Kier molecular flexibility index (Phi) is 5.35. The fraction of sp³-hybridized carbons (Fsp3) is 0.308. The number of allylic oxidation sites excluding steroid dienone is 1. The highest BCUT2D eigenvalue weighted by Gasteiger charge is 2.06. The molecule has 0 spiro atoms. The predicted molar refractivity (Wildman–Crippen MR) is 67.9 cm³/mol. The van der Waals surface area contributed by atoms with E-state index in [0.29, 0.717) is 16.9 Å². The van der Waals surface area contributed by atoms with Crippen LogP contribution in [0.15, 0.2) is 18.2 Å². The van der Waals surface area contributed by atoms with Crippen molar-refractivity contribution in [1.29, 1.82) is 0 Å². The first-order valence-corrected chi connectivity index (χ1v) is 6.25. The number of carbonyl (C=O) groups excluding carboxylic acids is 1. The van der Waals surface area contributed by atoms with Crippen molar-refractivity contribution in [2.45, 2.75) is 20.3 Å². The summed E-state index contributed by atoms with van der Waals surface area (Å²) in [6, 6.07) is 2.66. The van der Waals surface area contributed by atoms with Gasteiger partial charge in [0.05, 0.1) is 0 Å². The summed E-state index contributed by atoms with van der Waals surface area (Å²) in [4.78, 5) is 10.7. The average molecular weight is 256 g/mol. The second-order valence-electron chi connectivity index (χ2n) is 3.61. The summed E-state index contributed by atoms with van der Waals surface area (Å²) in [6.07, 6.45) is 4.33. The monoisotopic (exact) mass is 256 g/mol. The quantitative estimate of drug-likeness (QED) is 0.759. The van der Waals surface area contributed by atoms with E-state index in [-0.39, 0.29) is 5.12 Å². The Morgan fingerprint density at radius 1 is 1.41 bits per heavy atom. The number of rotatable bonds is 4. The SMILES string of the molecule is CC(=O)SCCC=Cc1ccc(F)c(F)c1C. The molecule has 0 amide bonds. The first kappa shape index (κ1) is 13.9. The van der Waals surface area contributed by atoms with Gasteiger partial charge in [-0.05, 0) is 30.5 Å². The van der Waals surface area contributed by atoms with Crippen LogP contribution >= 0.6 is 11.8 Å². The van der Waals surface area contributed by atoms with Crippen LogP contribution in [0, 0.1) is 18.6 Å². The normalized spacial score (nSPS) is 11.1. The van der Waals surface area contributed by atoms with Gasteiger partial charge in [0.2, 0.25) is 0 Å². The van der Waals surface area contributed by atoms with Gasteiger partial charge in [0.15, 0.2) is 16.7 Å². The van der Waals surface area contributed by atoms with E-state index in [9.17, 15) is 13.6 Å². The minimum atomic E-state index is -0.827. The lowest BCUT2D eigenvalue weighted by Gasteiger charge is -2.02. The maximum atomic E-state index is 13.2. The van der Waals surface area contributed by atoms with E-state index in [0.717, 1.165) is 12.5 Å². The van der Waals surface area contributed by atoms with Crippen LogP contribution < -0.4 is 0 Å². The number of hydrogen-bond acceptors (Lipinski definition) is 2. The Hall–Kier alpha value is -1.16. The van der Waals surface area contributed by atoms with Gasteiger partial charge in [0.1, 0.15) is 0 Å². The molecule has 1 nitrogen and oxygen atoms in total.